The molecule has 0 spiro atoms. The van der Waals surface area contributed by atoms with Gasteiger partial charge in [-0.2, -0.15) is 0 Å². The quantitative estimate of drug-likeness (QED) is 0.824. The van der Waals surface area contributed by atoms with Gasteiger partial charge in [0.1, 0.15) is 5.82 Å². The van der Waals surface area contributed by atoms with Crippen LogP contribution in [0.4, 0.5) is 15.8 Å². The fraction of sp³-hybridized carbons (Fsp3) is 0.0714. The topological polar surface area (TPSA) is 55.1 Å². The average molecular weight is 279 g/mol. The number of benzene rings is 2. The third-order valence-electron chi connectivity index (χ3n) is 2.64. The Hall–Kier alpha value is -2.07. The second-order valence-corrected chi connectivity index (χ2v) is 4.57. The average Bonchev–Trinajstić information content (AvgIpc) is 2.33. The molecule has 3 N–H and O–H groups in total. The molecule has 0 aromatic heterocycles. The van der Waals surface area contributed by atoms with Crippen molar-refractivity contribution < 1.29 is 9.18 Å². The number of nitrogens with one attached hydrogen (secondary N) is 1. The number of amides is 1. The zero-order valence-electron chi connectivity index (χ0n) is 10.2. The molecule has 0 saturated heterocycles. The number of carbonyl (C=O) groups excluding carboxylic acids is 1. The van der Waals surface area contributed by atoms with Crippen LogP contribution in [-0.4, -0.2) is 5.91 Å². The van der Waals surface area contributed by atoms with Crippen molar-refractivity contribution in [2.75, 3.05) is 11.1 Å². The number of nitrogens with two attached hydrogens (primary N) is 1. The van der Waals surface area contributed by atoms with Crippen LogP contribution >= 0.6 is 11.6 Å². The molecule has 98 valence electrons. The van der Waals surface area contributed by atoms with E-state index in [4.69, 9.17) is 17.3 Å². The molecule has 0 bridgehead atoms. The molecule has 2 aromatic carbocycles. The first-order valence-electron chi connectivity index (χ1n) is 5.60. The molecule has 2 rings (SSSR count). The van der Waals surface area contributed by atoms with Gasteiger partial charge >= 0.3 is 0 Å². The minimum absolute atomic E-state index is 0.0900. The van der Waals surface area contributed by atoms with E-state index in [-0.39, 0.29) is 10.6 Å². The highest BCUT2D eigenvalue weighted by Crippen LogP contribution is 2.22. The molecule has 0 aliphatic heterocycles. The Labute approximate surface area is 115 Å². The van der Waals surface area contributed by atoms with E-state index in [9.17, 15) is 9.18 Å². The number of carbonyl (C=O) groups is 1. The van der Waals surface area contributed by atoms with E-state index >= 15 is 0 Å². The lowest BCUT2D eigenvalue weighted by atomic mass is 10.1. The van der Waals surface area contributed by atoms with Crippen molar-refractivity contribution in [1.82, 2.24) is 0 Å². The van der Waals surface area contributed by atoms with Gasteiger partial charge in [-0.05, 0) is 42.8 Å². The molecule has 0 aliphatic carbocycles. The van der Waals surface area contributed by atoms with Crippen LogP contribution < -0.4 is 11.1 Å². The Balaban J connectivity index is 2.28. The van der Waals surface area contributed by atoms with E-state index in [1.165, 1.54) is 6.07 Å². The zero-order valence-corrected chi connectivity index (χ0v) is 11.0. The molecule has 1 amide bonds. The Morgan fingerprint density at radius 3 is 2.74 bits per heavy atom. The SMILES string of the molecule is Cc1cc(Cl)c(C(=O)Nc2cccc(N)c2)cc1F. The van der Waals surface area contributed by atoms with Gasteiger partial charge in [-0.25, -0.2) is 4.39 Å². The maximum Gasteiger partial charge on any atom is 0.257 e. The summed E-state index contributed by atoms with van der Waals surface area (Å²) in [4.78, 5) is 12.0. The van der Waals surface area contributed by atoms with Gasteiger partial charge in [-0.15, -0.1) is 0 Å². The number of aryl methyl sites for hydroxylation is 1. The van der Waals surface area contributed by atoms with Crippen molar-refractivity contribution in [2.24, 2.45) is 0 Å². The van der Waals surface area contributed by atoms with Gasteiger partial charge in [-0.1, -0.05) is 17.7 Å². The maximum absolute atomic E-state index is 13.5. The third-order valence-corrected chi connectivity index (χ3v) is 2.95. The standard InChI is InChI=1S/C14H12ClFN2O/c1-8-5-12(15)11(7-13(8)16)14(19)18-10-4-2-3-9(17)6-10/h2-7H,17H2,1H3,(H,18,19). The van der Waals surface area contributed by atoms with Crippen molar-refractivity contribution >= 4 is 28.9 Å². The lowest BCUT2D eigenvalue weighted by Gasteiger charge is -2.08. The lowest BCUT2D eigenvalue weighted by molar-refractivity contribution is 0.102. The van der Waals surface area contributed by atoms with Crippen LogP contribution in [0.3, 0.4) is 0 Å². The Bertz CT molecular complexity index is 643. The number of nitrogen functional groups attached to an aromatic ring is 1. The minimum atomic E-state index is -0.477. The number of rotatable bonds is 2. The molecule has 0 saturated carbocycles. The van der Waals surface area contributed by atoms with Crippen LogP contribution in [0.5, 0.6) is 0 Å². The lowest BCUT2D eigenvalue weighted by Crippen LogP contribution is -2.13. The maximum atomic E-state index is 13.5. The minimum Gasteiger partial charge on any atom is -0.399 e. The highest BCUT2D eigenvalue weighted by molar-refractivity contribution is 6.34. The molecular weight excluding hydrogens is 267 g/mol. The van der Waals surface area contributed by atoms with Gasteiger partial charge in [0.25, 0.3) is 5.91 Å². The highest BCUT2D eigenvalue weighted by Gasteiger charge is 2.13. The molecule has 0 radical (unpaired) electrons. The number of anilines is 2. The molecule has 3 nitrogen and oxygen atoms in total. The normalized spacial score (nSPS) is 10.3. The third kappa shape index (κ3) is 3.03. The molecule has 2 aromatic rings. The van der Waals surface area contributed by atoms with Gasteiger partial charge in [0.15, 0.2) is 0 Å². The first kappa shape index (κ1) is 13.4. The monoisotopic (exact) mass is 278 g/mol. The highest BCUT2D eigenvalue weighted by atomic mass is 35.5. The molecule has 0 fully saturated rings. The molecule has 19 heavy (non-hydrogen) atoms. The first-order chi connectivity index (χ1) is 8.97. The molecule has 0 heterocycles. The summed E-state index contributed by atoms with van der Waals surface area (Å²) in [6, 6.07) is 9.25. The number of hydrogen-bond donors (Lipinski definition) is 2. The van der Waals surface area contributed by atoms with Crippen LogP contribution in [-0.2, 0) is 0 Å². The van der Waals surface area contributed by atoms with Gasteiger partial charge in [-0.3, -0.25) is 4.79 Å². The van der Waals surface area contributed by atoms with E-state index in [1.54, 1.807) is 31.2 Å². The van der Waals surface area contributed by atoms with Crippen LogP contribution in [0.2, 0.25) is 5.02 Å². The summed E-state index contributed by atoms with van der Waals surface area (Å²) in [6.07, 6.45) is 0. The van der Waals surface area contributed by atoms with Crippen LogP contribution in [0.15, 0.2) is 36.4 Å². The zero-order chi connectivity index (χ0) is 14.0. The molecule has 0 unspecified atom stereocenters. The fourth-order valence-electron chi connectivity index (χ4n) is 1.64. The summed E-state index contributed by atoms with van der Waals surface area (Å²) in [7, 11) is 0. The van der Waals surface area contributed by atoms with Gasteiger partial charge in [0.05, 0.1) is 10.6 Å². The molecule has 5 heteroatoms. The van der Waals surface area contributed by atoms with E-state index in [0.717, 1.165) is 6.07 Å². The van der Waals surface area contributed by atoms with Crippen LogP contribution in [0.1, 0.15) is 15.9 Å². The molecule has 0 aliphatic rings. The second kappa shape index (κ2) is 5.28. The summed E-state index contributed by atoms with van der Waals surface area (Å²) < 4.78 is 13.5. The number of hydrogen-bond acceptors (Lipinski definition) is 2. The second-order valence-electron chi connectivity index (χ2n) is 4.16. The number of halogens is 2. The Morgan fingerprint density at radius 2 is 2.05 bits per heavy atom. The Morgan fingerprint density at radius 1 is 1.32 bits per heavy atom. The van der Waals surface area contributed by atoms with Crippen LogP contribution in [0.25, 0.3) is 0 Å². The largest absolute Gasteiger partial charge is 0.399 e. The van der Waals surface area contributed by atoms with Gasteiger partial charge in [0.2, 0.25) is 0 Å². The molecule has 0 atom stereocenters. The van der Waals surface area contributed by atoms with E-state index in [1.807, 2.05) is 0 Å². The molecular formula is C14H12ClFN2O. The van der Waals surface area contributed by atoms with E-state index < -0.39 is 11.7 Å². The summed E-state index contributed by atoms with van der Waals surface area (Å²) >= 11 is 5.94. The Kier molecular flexibility index (Phi) is 3.71. The first-order valence-corrected chi connectivity index (χ1v) is 5.97. The van der Waals surface area contributed by atoms with E-state index in [2.05, 4.69) is 5.32 Å². The van der Waals surface area contributed by atoms with Crippen molar-refractivity contribution in [2.45, 2.75) is 6.92 Å². The summed E-state index contributed by atoms with van der Waals surface area (Å²) in [6.45, 7) is 1.58. The predicted octanol–water partition coefficient (Wildman–Crippen LogP) is 3.62. The predicted molar refractivity (Wildman–Crippen MR) is 75.0 cm³/mol. The summed E-state index contributed by atoms with van der Waals surface area (Å²) in [5.41, 5.74) is 7.15. The summed E-state index contributed by atoms with van der Waals surface area (Å²) in [5.74, 6) is -0.948. The van der Waals surface area contributed by atoms with Crippen molar-refractivity contribution in [3.63, 3.8) is 0 Å². The van der Waals surface area contributed by atoms with Crippen molar-refractivity contribution in [1.29, 1.82) is 0 Å². The summed E-state index contributed by atoms with van der Waals surface area (Å²) in [5, 5.41) is 2.83. The van der Waals surface area contributed by atoms with Crippen molar-refractivity contribution in [3.05, 3.63) is 58.4 Å². The van der Waals surface area contributed by atoms with Crippen molar-refractivity contribution in [3.8, 4) is 0 Å². The van der Waals surface area contributed by atoms with Gasteiger partial charge in [0, 0.05) is 11.4 Å². The van der Waals surface area contributed by atoms with Crippen LogP contribution in [0, 0.1) is 12.7 Å². The fourth-order valence-corrected chi connectivity index (χ4v) is 1.94. The van der Waals surface area contributed by atoms with E-state index in [0.29, 0.717) is 16.9 Å². The van der Waals surface area contributed by atoms with Gasteiger partial charge < -0.3 is 11.1 Å². The smallest absolute Gasteiger partial charge is 0.257 e.